The van der Waals surface area contributed by atoms with Gasteiger partial charge in [-0.3, -0.25) is 14.5 Å². The molecule has 1 aliphatic rings. The van der Waals surface area contributed by atoms with Crippen LogP contribution in [0.5, 0.6) is 17.2 Å². The van der Waals surface area contributed by atoms with Gasteiger partial charge in [0, 0.05) is 5.69 Å². The zero-order valence-electron chi connectivity index (χ0n) is 20.0. The van der Waals surface area contributed by atoms with Crippen LogP contribution in [0, 0.1) is 6.92 Å². The Labute approximate surface area is 210 Å². The van der Waals surface area contributed by atoms with Gasteiger partial charge in [-0.1, -0.05) is 23.8 Å². The second-order valence-corrected chi connectivity index (χ2v) is 8.19. The second-order valence-electron chi connectivity index (χ2n) is 8.19. The van der Waals surface area contributed by atoms with E-state index in [2.05, 4.69) is 4.74 Å². The Morgan fingerprint density at radius 2 is 1.51 bits per heavy atom. The Balaban J connectivity index is 1.89. The van der Waals surface area contributed by atoms with Gasteiger partial charge in [0.25, 0.3) is 11.7 Å². The van der Waals surface area contributed by atoms with E-state index in [0.29, 0.717) is 11.3 Å². The SMILES string of the molecule is COc1ccc(C2/C(=C(\O)c3cc(C)ccc3OC)C(=O)C(=O)N2c2ccc(OC(F)(F)F)cc2)cc1. The van der Waals surface area contributed by atoms with Crippen LogP contribution in [0.2, 0.25) is 0 Å². The second kappa shape index (κ2) is 9.88. The lowest BCUT2D eigenvalue weighted by Crippen LogP contribution is -2.29. The quantitative estimate of drug-likeness (QED) is 0.265. The Morgan fingerprint density at radius 3 is 2.08 bits per heavy atom. The summed E-state index contributed by atoms with van der Waals surface area (Å²) in [6.45, 7) is 1.79. The number of Topliss-reactive ketones (excluding diaryl/α,β-unsaturated/α-hetero) is 1. The predicted molar refractivity (Wildman–Crippen MR) is 129 cm³/mol. The van der Waals surface area contributed by atoms with Gasteiger partial charge in [-0.15, -0.1) is 13.2 Å². The van der Waals surface area contributed by atoms with Crippen LogP contribution in [-0.2, 0) is 9.59 Å². The summed E-state index contributed by atoms with van der Waals surface area (Å²) in [6, 6.07) is 15.0. The molecule has 1 fully saturated rings. The number of ether oxygens (including phenoxy) is 3. The third-order valence-electron chi connectivity index (χ3n) is 5.83. The van der Waals surface area contributed by atoms with Crippen LogP contribution in [0.1, 0.15) is 22.7 Å². The maximum atomic E-state index is 13.3. The van der Waals surface area contributed by atoms with Crippen molar-refractivity contribution in [3.8, 4) is 17.2 Å². The number of anilines is 1. The number of methoxy groups -OCH3 is 2. The molecule has 7 nitrogen and oxygen atoms in total. The van der Waals surface area contributed by atoms with E-state index in [9.17, 15) is 27.9 Å². The summed E-state index contributed by atoms with van der Waals surface area (Å²) in [4.78, 5) is 27.7. The lowest BCUT2D eigenvalue weighted by Gasteiger charge is -2.26. The Hall–Kier alpha value is -4.47. The van der Waals surface area contributed by atoms with Gasteiger partial charge in [0.15, 0.2) is 0 Å². The van der Waals surface area contributed by atoms with Gasteiger partial charge in [-0.25, -0.2) is 0 Å². The molecule has 1 heterocycles. The third kappa shape index (κ3) is 5.09. The van der Waals surface area contributed by atoms with Crippen molar-refractivity contribution < 1.29 is 42.1 Å². The van der Waals surface area contributed by atoms with E-state index in [-0.39, 0.29) is 22.6 Å². The standard InChI is InChI=1S/C27H22F3NO6/c1-15-4-13-21(36-3)20(14-15)24(32)22-23(16-5-9-18(35-2)10-6-16)31(26(34)25(22)33)17-7-11-19(12-8-17)37-27(28,29)30/h4-14,23,32H,1-3H3/b24-22+. The van der Waals surface area contributed by atoms with Crippen LogP contribution in [0.25, 0.3) is 5.76 Å². The number of ketones is 1. The highest BCUT2D eigenvalue weighted by Gasteiger charge is 2.47. The maximum absolute atomic E-state index is 13.3. The summed E-state index contributed by atoms with van der Waals surface area (Å²) in [5.41, 5.74) is 1.39. The molecule has 0 saturated carbocycles. The molecular weight excluding hydrogens is 491 g/mol. The van der Waals surface area contributed by atoms with E-state index < -0.39 is 35.6 Å². The van der Waals surface area contributed by atoms with E-state index in [1.165, 1.54) is 26.4 Å². The van der Waals surface area contributed by atoms with Crippen LogP contribution in [0.4, 0.5) is 18.9 Å². The van der Waals surface area contributed by atoms with Crippen molar-refractivity contribution in [2.45, 2.75) is 19.3 Å². The average Bonchev–Trinajstić information content (AvgIpc) is 3.13. The van der Waals surface area contributed by atoms with E-state index in [0.717, 1.165) is 22.6 Å². The smallest absolute Gasteiger partial charge is 0.507 e. The maximum Gasteiger partial charge on any atom is 0.573 e. The van der Waals surface area contributed by atoms with Crippen molar-refractivity contribution in [3.05, 3.63) is 89.0 Å². The molecule has 1 atom stereocenters. The minimum Gasteiger partial charge on any atom is -0.507 e. The molecule has 3 aromatic rings. The van der Waals surface area contributed by atoms with Gasteiger partial charge in [-0.05, 0) is 61.0 Å². The number of amides is 1. The van der Waals surface area contributed by atoms with Crippen molar-refractivity contribution in [3.63, 3.8) is 0 Å². The Bertz CT molecular complexity index is 1360. The highest BCUT2D eigenvalue weighted by molar-refractivity contribution is 6.51. The summed E-state index contributed by atoms with van der Waals surface area (Å²) < 4.78 is 52.3. The van der Waals surface area contributed by atoms with Gasteiger partial charge in [-0.2, -0.15) is 0 Å². The largest absolute Gasteiger partial charge is 0.573 e. The van der Waals surface area contributed by atoms with Crippen molar-refractivity contribution in [2.75, 3.05) is 19.1 Å². The van der Waals surface area contributed by atoms with Crippen LogP contribution < -0.4 is 19.1 Å². The van der Waals surface area contributed by atoms with Crippen LogP contribution >= 0.6 is 0 Å². The first-order chi connectivity index (χ1) is 17.5. The molecule has 10 heteroatoms. The van der Waals surface area contributed by atoms with Crippen molar-refractivity contribution in [1.82, 2.24) is 0 Å². The molecule has 0 aromatic heterocycles. The molecule has 0 spiro atoms. The number of halogens is 3. The number of hydrogen-bond donors (Lipinski definition) is 1. The number of hydrogen-bond acceptors (Lipinski definition) is 6. The van der Waals surface area contributed by atoms with E-state index in [4.69, 9.17) is 9.47 Å². The number of aliphatic hydroxyl groups is 1. The molecule has 3 aromatic carbocycles. The number of carbonyl (C=O) groups excluding carboxylic acids is 2. The molecule has 0 bridgehead atoms. The highest BCUT2D eigenvalue weighted by Crippen LogP contribution is 2.44. The predicted octanol–water partition coefficient (Wildman–Crippen LogP) is 5.54. The Kier molecular flexibility index (Phi) is 6.84. The number of nitrogens with zero attached hydrogens (tertiary/aromatic N) is 1. The molecule has 4 rings (SSSR count). The first-order valence-electron chi connectivity index (χ1n) is 11.0. The van der Waals surface area contributed by atoms with Gasteiger partial charge < -0.3 is 19.3 Å². The fourth-order valence-electron chi connectivity index (χ4n) is 4.16. The van der Waals surface area contributed by atoms with Crippen molar-refractivity contribution in [2.24, 2.45) is 0 Å². The van der Waals surface area contributed by atoms with E-state index >= 15 is 0 Å². The number of aryl methyl sites for hydroxylation is 1. The van der Waals surface area contributed by atoms with Gasteiger partial charge in [0.05, 0.1) is 31.4 Å². The average molecular weight is 513 g/mol. The zero-order chi connectivity index (χ0) is 26.9. The highest BCUT2D eigenvalue weighted by atomic mass is 19.4. The fourth-order valence-corrected chi connectivity index (χ4v) is 4.16. The number of benzene rings is 3. The summed E-state index contributed by atoms with van der Waals surface area (Å²) in [6.07, 6.45) is -4.89. The summed E-state index contributed by atoms with van der Waals surface area (Å²) >= 11 is 0. The molecule has 1 unspecified atom stereocenters. The first-order valence-corrected chi connectivity index (χ1v) is 11.0. The number of rotatable bonds is 6. The van der Waals surface area contributed by atoms with E-state index in [1.54, 1.807) is 49.4 Å². The van der Waals surface area contributed by atoms with Crippen LogP contribution in [0.3, 0.4) is 0 Å². The number of alkyl halides is 3. The molecule has 1 aliphatic heterocycles. The Morgan fingerprint density at radius 1 is 0.892 bits per heavy atom. The molecule has 37 heavy (non-hydrogen) atoms. The molecule has 192 valence electrons. The molecule has 0 radical (unpaired) electrons. The summed E-state index contributed by atoms with van der Waals surface area (Å²) in [7, 11) is 2.89. The van der Waals surface area contributed by atoms with Crippen molar-refractivity contribution in [1.29, 1.82) is 0 Å². The summed E-state index contributed by atoms with van der Waals surface area (Å²) in [5.74, 6) is -2.04. The van der Waals surface area contributed by atoms with Crippen molar-refractivity contribution >= 4 is 23.1 Å². The summed E-state index contributed by atoms with van der Waals surface area (Å²) in [5, 5.41) is 11.3. The topological polar surface area (TPSA) is 85.3 Å². The minimum absolute atomic E-state index is 0.132. The molecule has 0 aliphatic carbocycles. The molecule has 1 amide bonds. The van der Waals surface area contributed by atoms with E-state index in [1.807, 2.05) is 0 Å². The molecule has 1 N–H and O–H groups in total. The third-order valence-corrected chi connectivity index (χ3v) is 5.83. The lowest BCUT2D eigenvalue weighted by atomic mass is 9.94. The molecular formula is C27H22F3NO6. The van der Waals surface area contributed by atoms with Crippen LogP contribution in [-0.4, -0.2) is 37.4 Å². The lowest BCUT2D eigenvalue weighted by molar-refractivity contribution is -0.274. The minimum atomic E-state index is -4.89. The number of aliphatic hydroxyl groups excluding tert-OH is 1. The normalized spacial score (nSPS) is 17.1. The van der Waals surface area contributed by atoms with Gasteiger partial charge in [0.2, 0.25) is 0 Å². The monoisotopic (exact) mass is 513 g/mol. The van der Waals surface area contributed by atoms with Gasteiger partial charge in [0.1, 0.15) is 23.0 Å². The van der Waals surface area contributed by atoms with Gasteiger partial charge >= 0.3 is 6.36 Å². The fraction of sp³-hybridized carbons (Fsp3) is 0.185. The van der Waals surface area contributed by atoms with Crippen LogP contribution in [0.15, 0.2) is 72.3 Å². The molecule has 1 saturated heterocycles. The first kappa shape index (κ1) is 25.6. The number of carbonyl (C=O) groups is 2. The zero-order valence-corrected chi connectivity index (χ0v) is 20.0.